The van der Waals surface area contributed by atoms with Gasteiger partial charge in [0, 0.05) is 12.6 Å². The molecule has 3 N–H and O–H groups in total. The summed E-state index contributed by atoms with van der Waals surface area (Å²) in [6.45, 7) is 0.617. The minimum Gasteiger partial charge on any atom is -0.481 e. The Morgan fingerprint density at radius 1 is 1.70 bits per heavy atom. The van der Waals surface area contributed by atoms with Crippen LogP contribution in [-0.4, -0.2) is 42.7 Å². The molecule has 0 radical (unpaired) electrons. The first-order valence-corrected chi connectivity index (χ1v) is 3.14. The average Bonchev–Trinajstić information content (AvgIpc) is 1.58. The second-order valence-corrected chi connectivity index (χ2v) is 2.62. The third-order valence-electron chi connectivity index (χ3n) is 1.04. The lowest BCUT2D eigenvalue weighted by molar-refractivity contribution is -0.137. The summed E-state index contributed by atoms with van der Waals surface area (Å²) in [6, 6.07) is -0.257. The highest BCUT2D eigenvalue weighted by Crippen LogP contribution is 1.88. The maximum absolute atomic E-state index is 10.1. The maximum Gasteiger partial charge on any atom is 0.304 e. The molecule has 0 aromatic heterocycles. The molecule has 10 heavy (non-hydrogen) atoms. The number of carboxylic acids is 1. The summed E-state index contributed by atoms with van der Waals surface area (Å²) >= 11 is 0. The molecular weight excluding hydrogens is 132 g/mol. The lowest BCUT2D eigenvalue weighted by Gasteiger charge is -2.14. The highest BCUT2D eigenvalue weighted by molar-refractivity contribution is 5.67. The third kappa shape index (κ3) is 5.53. The fourth-order valence-electron chi connectivity index (χ4n) is 0.758. The van der Waals surface area contributed by atoms with Crippen LogP contribution in [0.25, 0.3) is 0 Å². The van der Waals surface area contributed by atoms with Crippen molar-refractivity contribution in [3.05, 3.63) is 0 Å². The van der Waals surface area contributed by atoms with Gasteiger partial charge in [0.25, 0.3) is 0 Å². The minimum atomic E-state index is -0.839. The molecule has 0 rings (SSSR count). The number of carbonyl (C=O) groups is 1. The van der Waals surface area contributed by atoms with E-state index >= 15 is 0 Å². The van der Waals surface area contributed by atoms with Crippen molar-refractivity contribution in [1.29, 1.82) is 0 Å². The summed E-state index contributed by atoms with van der Waals surface area (Å²) < 4.78 is 0. The van der Waals surface area contributed by atoms with Gasteiger partial charge in [-0.15, -0.1) is 0 Å². The Hall–Kier alpha value is -0.610. The summed E-state index contributed by atoms with van der Waals surface area (Å²) in [6.07, 6.45) is 0.0399. The molecule has 0 aromatic carbocycles. The van der Waals surface area contributed by atoms with Crippen molar-refractivity contribution in [3.8, 4) is 0 Å². The van der Waals surface area contributed by atoms with Crippen LogP contribution in [0.1, 0.15) is 6.42 Å². The molecule has 4 heteroatoms. The Kier molecular flexibility index (Phi) is 3.99. The van der Waals surface area contributed by atoms with E-state index in [-0.39, 0.29) is 12.5 Å². The molecule has 0 saturated heterocycles. The van der Waals surface area contributed by atoms with Crippen molar-refractivity contribution >= 4 is 5.97 Å². The predicted octanol–water partition coefficient (Wildman–Crippen LogP) is -0.650. The summed E-state index contributed by atoms with van der Waals surface area (Å²) in [4.78, 5) is 12.0. The lowest BCUT2D eigenvalue weighted by Crippen LogP contribution is -2.34. The van der Waals surface area contributed by atoms with Crippen LogP contribution in [0.3, 0.4) is 0 Å². The van der Waals surface area contributed by atoms with Gasteiger partial charge < -0.3 is 15.7 Å². The first-order chi connectivity index (χ1) is 4.52. The number of hydrogen-bond acceptors (Lipinski definition) is 3. The van der Waals surface area contributed by atoms with Gasteiger partial charge in [0.2, 0.25) is 0 Å². The van der Waals surface area contributed by atoms with Crippen molar-refractivity contribution < 1.29 is 9.90 Å². The molecule has 60 valence electrons. The second-order valence-electron chi connectivity index (χ2n) is 2.62. The van der Waals surface area contributed by atoms with E-state index in [9.17, 15) is 4.79 Å². The van der Waals surface area contributed by atoms with Crippen LogP contribution in [0.2, 0.25) is 0 Å². The van der Waals surface area contributed by atoms with Crippen LogP contribution in [0, 0.1) is 0 Å². The molecule has 0 unspecified atom stereocenters. The molecule has 1 atom stereocenters. The molecule has 0 saturated carbocycles. The molecule has 0 fully saturated rings. The fraction of sp³-hybridized carbons (Fsp3) is 0.833. The molecule has 0 amide bonds. The van der Waals surface area contributed by atoms with Crippen molar-refractivity contribution in [2.24, 2.45) is 5.73 Å². The van der Waals surface area contributed by atoms with Gasteiger partial charge in [0.05, 0.1) is 6.42 Å². The minimum absolute atomic E-state index is 0.0399. The predicted molar refractivity (Wildman–Crippen MR) is 38.8 cm³/mol. The van der Waals surface area contributed by atoms with Crippen molar-refractivity contribution in [1.82, 2.24) is 4.90 Å². The first kappa shape index (κ1) is 9.39. The maximum atomic E-state index is 10.1. The Bertz CT molecular complexity index is 114. The SMILES string of the molecule is CN(C)C[C@H](N)CC(=O)O. The Balaban J connectivity index is 3.43. The van der Waals surface area contributed by atoms with Gasteiger partial charge in [0.1, 0.15) is 0 Å². The molecule has 0 aliphatic carbocycles. The number of likely N-dealkylation sites (N-methyl/N-ethyl adjacent to an activating group) is 1. The quantitative estimate of drug-likeness (QED) is 0.553. The van der Waals surface area contributed by atoms with E-state index in [1.54, 1.807) is 0 Å². The van der Waals surface area contributed by atoms with Gasteiger partial charge in [-0.2, -0.15) is 0 Å². The number of hydrogen-bond donors (Lipinski definition) is 2. The Labute approximate surface area is 60.6 Å². The zero-order valence-corrected chi connectivity index (χ0v) is 6.37. The van der Waals surface area contributed by atoms with Crippen LogP contribution < -0.4 is 5.73 Å². The monoisotopic (exact) mass is 146 g/mol. The molecular formula is C6H14N2O2. The normalized spacial score (nSPS) is 13.6. The smallest absolute Gasteiger partial charge is 0.304 e. The van der Waals surface area contributed by atoms with E-state index in [0.717, 1.165) is 0 Å². The first-order valence-electron chi connectivity index (χ1n) is 3.14. The van der Waals surface area contributed by atoms with Crippen LogP contribution >= 0.6 is 0 Å². The summed E-state index contributed by atoms with van der Waals surface area (Å²) in [5.74, 6) is -0.839. The van der Waals surface area contributed by atoms with Gasteiger partial charge >= 0.3 is 5.97 Å². The Morgan fingerprint density at radius 3 is 2.50 bits per heavy atom. The van der Waals surface area contributed by atoms with Gasteiger partial charge in [-0.25, -0.2) is 0 Å². The molecule has 0 aromatic rings. The van der Waals surface area contributed by atoms with E-state index in [1.807, 2.05) is 19.0 Å². The third-order valence-corrected chi connectivity index (χ3v) is 1.04. The van der Waals surface area contributed by atoms with Crippen molar-refractivity contribution in [2.45, 2.75) is 12.5 Å². The van der Waals surface area contributed by atoms with Crippen molar-refractivity contribution in [3.63, 3.8) is 0 Å². The molecule has 0 aliphatic heterocycles. The van der Waals surface area contributed by atoms with Gasteiger partial charge in [0.15, 0.2) is 0 Å². The second kappa shape index (κ2) is 4.24. The van der Waals surface area contributed by atoms with Crippen LogP contribution in [0.4, 0.5) is 0 Å². The number of nitrogens with two attached hydrogens (primary N) is 1. The van der Waals surface area contributed by atoms with Crippen LogP contribution in [-0.2, 0) is 4.79 Å². The largest absolute Gasteiger partial charge is 0.481 e. The van der Waals surface area contributed by atoms with E-state index in [0.29, 0.717) is 6.54 Å². The number of rotatable bonds is 4. The topological polar surface area (TPSA) is 66.6 Å². The molecule has 0 aliphatic rings. The van der Waals surface area contributed by atoms with E-state index in [4.69, 9.17) is 10.8 Å². The zero-order chi connectivity index (χ0) is 8.15. The van der Waals surface area contributed by atoms with E-state index in [1.165, 1.54) is 0 Å². The molecule has 4 nitrogen and oxygen atoms in total. The number of carboxylic acid groups (broad SMARTS) is 1. The van der Waals surface area contributed by atoms with Crippen molar-refractivity contribution in [2.75, 3.05) is 20.6 Å². The molecule has 0 bridgehead atoms. The fourth-order valence-corrected chi connectivity index (χ4v) is 0.758. The number of aliphatic carboxylic acids is 1. The summed E-state index contributed by atoms with van der Waals surface area (Å²) in [5.41, 5.74) is 5.45. The lowest BCUT2D eigenvalue weighted by atomic mass is 10.2. The standard InChI is InChI=1S/C6H14N2O2/c1-8(2)4-5(7)3-6(9)10/h5H,3-4,7H2,1-2H3,(H,9,10)/t5-/m1/s1. The highest BCUT2D eigenvalue weighted by Gasteiger charge is 2.07. The Morgan fingerprint density at radius 2 is 2.20 bits per heavy atom. The molecule has 0 spiro atoms. The molecule has 0 heterocycles. The van der Waals surface area contributed by atoms with Gasteiger partial charge in [-0.1, -0.05) is 0 Å². The van der Waals surface area contributed by atoms with E-state index in [2.05, 4.69) is 0 Å². The number of nitrogens with zero attached hydrogens (tertiary/aromatic N) is 1. The van der Waals surface area contributed by atoms with Gasteiger partial charge in [-0.05, 0) is 14.1 Å². The summed E-state index contributed by atoms with van der Waals surface area (Å²) in [7, 11) is 3.73. The highest BCUT2D eigenvalue weighted by atomic mass is 16.4. The average molecular weight is 146 g/mol. The van der Waals surface area contributed by atoms with E-state index < -0.39 is 5.97 Å². The van der Waals surface area contributed by atoms with Crippen LogP contribution in [0.15, 0.2) is 0 Å². The van der Waals surface area contributed by atoms with Gasteiger partial charge in [-0.3, -0.25) is 4.79 Å². The zero-order valence-electron chi connectivity index (χ0n) is 6.37. The summed E-state index contributed by atoms with van der Waals surface area (Å²) in [5, 5.41) is 8.30. The van der Waals surface area contributed by atoms with Crippen LogP contribution in [0.5, 0.6) is 0 Å².